The number of hydrogen-bond acceptors (Lipinski definition) is 5. The van der Waals surface area contributed by atoms with Crippen LogP contribution in [-0.4, -0.2) is 42.0 Å². The average Bonchev–Trinajstić information content (AvgIpc) is 3.20. The fraction of sp³-hybridized carbons (Fsp3) is 0.389. The van der Waals surface area contributed by atoms with Crippen LogP contribution in [0.4, 0.5) is 10.5 Å². The minimum absolute atomic E-state index is 0.00427. The van der Waals surface area contributed by atoms with Gasteiger partial charge in [0.25, 0.3) is 0 Å². The summed E-state index contributed by atoms with van der Waals surface area (Å²) in [6.45, 7) is 1.42. The molecule has 1 aliphatic heterocycles. The zero-order valence-corrected chi connectivity index (χ0v) is 14.6. The van der Waals surface area contributed by atoms with Gasteiger partial charge in [-0.3, -0.25) is 4.79 Å². The number of amides is 3. The van der Waals surface area contributed by atoms with E-state index >= 15 is 0 Å². The highest BCUT2D eigenvalue weighted by Gasteiger charge is 2.27. The number of furan rings is 1. The van der Waals surface area contributed by atoms with Gasteiger partial charge in [0.1, 0.15) is 11.4 Å². The molecule has 1 fully saturated rings. The Morgan fingerprint density at radius 3 is 2.81 bits per heavy atom. The lowest BCUT2D eigenvalue weighted by Crippen LogP contribution is -2.44. The Morgan fingerprint density at radius 2 is 2.12 bits per heavy atom. The summed E-state index contributed by atoms with van der Waals surface area (Å²) < 4.78 is 10.3. The summed E-state index contributed by atoms with van der Waals surface area (Å²) in [6.07, 6.45) is 4.43. The number of nitrogens with zero attached hydrogens (tertiary/aromatic N) is 2. The number of ether oxygens (including phenoxy) is 1. The van der Waals surface area contributed by atoms with E-state index in [4.69, 9.17) is 9.15 Å². The summed E-state index contributed by atoms with van der Waals surface area (Å²) in [4.78, 5) is 30.4. The molecule has 3 heterocycles. The summed E-state index contributed by atoms with van der Waals surface area (Å²) in [5.41, 5.74) is 0.526. The number of likely N-dealkylation sites (tertiary alicyclic amines) is 1. The molecule has 0 spiro atoms. The average molecular weight is 358 g/mol. The second-order valence-corrected chi connectivity index (χ2v) is 6.05. The van der Waals surface area contributed by atoms with Crippen molar-refractivity contribution in [2.45, 2.75) is 19.4 Å². The summed E-state index contributed by atoms with van der Waals surface area (Å²) in [5.74, 6) is 0.992. The Labute approximate surface area is 151 Å². The molecule has 1 saturated heterocycles. The lowest BCUT2D eigenvalue weighted by atomic mass is 9.96. The van der Waals surface area contributed by atoms with Crippen LogP contribution in [0, 0.1) is 5.92 Å². The maximum Gasteiger partial charge on any atom is 0.321 e. The van der Waals surface area contributed by atoms with Crippen molar-refractivity contribution < 1.29 is 18.7 Å². The molecule has 0 radical (unpaired) electrons. The molecule has 2 aromatic heterocycles. The number of carbonyl (C=O) groups excluding carboxylic acids is 2. The van der Waals surface area contributed by atoms with E-state index in [1.807, 2.05) is 6.07 Å². The normalized spacial score (nSPS) is 14.7. The van der Waals surface area contributed by atoms with Gasteiger partial charge in [-0.15, -0.1) is 0 Å². The van der Waals surface area contributed by atoms with Gasteiger partial charge in [0.15, 0.2) is 0 Å². The second kappa shape index (κ2) is 8.37. The van der Waals surface area contributed by atoms with Crippen molar-refractivity contribution in [3.8, 4) is 5.88 Å². The largest absolute Gasteiger partial charge is 0.480 e. The van der Waals surface area contributed by atoms with Crippen LogP contribution in [0.25, 0.3) is 0 Å². The van der Waals surface area contributed by atoms with Crippen molar-refractivity contribution in [2.75, 3.05) is 25.5 Å². The van der Waals surface area contributed by atoms with Gasteiger partial charge in [-0.1, -0.05) is 0 Å². The summed E-state index contributed by atoms with van der Waals surface area (Å²) in [5, 5.41) is 5.68. The number of urea groups is 1. The maximum atomic E-state index is 12.4. The third-order valence-electron chi connectivity index (χ3n) is 4.38. The highest BCUT2D eigenvalue weighted by Crippen LogP contribution is 2.22. The van der Waals surface area contributed by atoms with E-state index in [0.29, 0.717) is 44.0 Å². The molecule has 2 N–H and O–H groups in total. The maximum absolute atomic E-state index is 12.4. The van der Waals surface area contributed by atoms with Crippen LogP contribution >= 0.6 is 0 Å². The zero-order chi connectivity index (χ0) is 18.4. The quantitative estimate of drug-likeness (QED) is 0.854. The molecule has 3 amide bonds. The first kappa shape index (κ1) is 17.8. The number of hydrogen-bond donors (Lipinski definition) is 2. The zero-order valence-electron chi connectivity index (χ0n) is 14.6. The predicted molar refractivity (Wildman–Crippen MR) is 94.7 cm³/mol. The number of aromatic nitrogens is 1. The van der Waals surface area contributed by atoms with Crippen molar-refractivity contribution >= 4 is 17.6 Å². The molecule has 0 saturated carbocycles. The van der Waals surface area contributed by atoms with E-state index in [-0.39, 0.29) is 17.9 Å². The van der Waals surface area contributed by atoms with Crippen molar-refractivity contribution in [1.82, 2.24) is 15.2 Å². The van der Waals surface area contributed by atoms with Crippen LogP contribution in [0.1, 0.15) is 18.6 Å². The molecule has 8 heteroatoms. The van der Waals surface area contributed by atoms with Crippen LogP contribution in [0.3, 0.4) is 0 Å². The van der Waals surface area contributed by atoms with Gasteiger partial charge in [0, 0.05) is 25.2 Å². The van der Waals surface area contributed by atoms with E-state index in [1.165, 1.54) is 7.11 Å². The van der Waals surface area contributed by atoms with Crippen molar-refractivity contribution in [2.24, 2.45) is 5.92 Å². The van der Waals surface area contributed by atoms with Crippen LogP contribution in [0.2, 0.25) is 0 Å². The number of carbonyl (C=O) groups is 2. The lowest BCUT2D eigenvalue weighted by molar-refractivity contribution is -0.126. The fourth-order valence-corrected chi connectivity index (χ4v) is 2.92. The minimum atomic E-state index is -0.217. The SMILES string of the molecule is COc1ncccc1NC(=O)N1CCC(C(=O)NCc2ccco2)CC1. The number of pyridine rings is 1. The van der Waals surface area contributed by atoms with Gasteiger partial charge in [-0.25, -0.2) is 9.78 Å². The van der Waals surface area contributed by atoms with Gasteiger partial charge in [0.05, 0.1) is 19.9 Å². The van der Waals surface area contributed by atoms with Crippen LogP contribution < -0.4 is 15.4 Å². The Morgan fingerprint density at radius 1 is 1.31 bits per heavy atom. The second-order valence-electron chi connectivity index (χ2n) is 6.05. The molecule has 0 aromatic carbocycles. The Bertz CT molecular complexity index is 739. The molecule has 2 aromatic rings. The Balaban J connectivity index is 1.46. The molecule has 0 atom stereocenters. The molecular formula is C18H22N4O4. The molecule has 0 aliphatic carbocycles. The van der Waals surface area contributed by atoms with Gasteiger partial charge >= 0.3 is 6.03 Å². The van der Waals surface area contributed by atoms with E-state index in [2.05, 4.69) is 15.6 Å². The van der Waals surface area contributed by atoms with Crippen molar-refractivity contribution in [3.63, 3.8) is 0 Å². The lowest BCUT2D eigenvalue weighted by Gasteiger charge is -2.31. The van der Waals surface area contributed by atoms with Gasteiger partial charge in [-0.2, -0.15) is 0 Å². The monoisotopic (exact) mass is 358 g/mol. The smallest absolute Gasteiger partial charge is 0.321 e. The number of anilines is 1. The number of piperidine rings is 1. The molecule has 3 rings (SSSR count). The van der Waals surface area contributed by atoms with Crippen molar-refractivity contribution in [1.29, 1.82) is 0 Å². The molecule has 26 heavy (non-hydrogen) atoms. The molecule has 138 valence electrons. The van der Waals surface area contributed by atoms with E-state index in [1.54, 1.807) is 35.6 Å². The first-order valence-electron chi connectivity index (χ1n) is 8.52. The summed E-state index contributed by atoms with van der Waals surface area (Å²) >= 11 is 0. The van der Waals surface area contributed by atoms with E-state index in [0.717, 1.165) is 5.76 Å². The van der Waals surface area contributed by atoms with Crippen LogP contribution in [-0.2, 0) is 11.3 Å². The van der Waals surface area contributed by atoms with Crippen LogP contribution in [0.15, 0.2) is 41.1 Å². The first-order chi connectivity index (χ1) is 12.7. The van der Waals surface area contributed by atoms with E-state index < -0.39 is 0 Å². The number of nitrogens with one attached hydrogen (secondary N) is 2. The molecule has 0 unspecified atom stereocenters. The molecule has 0 bridgehead atoms. The minimum Gasteiger partial charge on any atom is -0.480 e. The van der Waals surface area contributed by atoms with Gasteiger partial charge < -0.3 is 24.7 Å². The Kier molecular flexibility index (Phi) is 5.73. The first-order valence-corrected chi connectivity index (χ1v) is 8.52. The topological polar surface area (TPSA) is 96.7 Å². The van der Waals surface area contributed by atoms with Crippen LogP contribution in [0.5, 0.6) is 5.88 Å². The van der Waals surface area contributed by atoms with Gasteiger partial charge in [0.2, 0.25) is 11.8 Å². The molecular weight excluding hydrogens is 336 g/mol. The number of methoxy groups -OCH3 is 1. The fourth-order valence-electron chi connectivity index (χ4n) is 2.92. The number of rotatable bonds is 5. The Hall–Kier alpha value is -3.03. The molecule has 1 aliphatic rings. The highest BCUT2D eigenvalue weighted by molar-refractivity contribution is 5.90. The third-order valence-corrected chi connectivity index (χ3v) is 4.38. The standard InChI is InChI=1S/C18H22N4O4/c1-25-17-15(5-2-8-19-17)21-18(24)22-9-6-13(7-10-22)16(23)20-12-14-4-3-11-26-14/h2-5,8,11,13H,6-7,9-10,12H2,1H3,(H,20,23)(H,21,24). The summed E-state index contributed by atoms with van der Waals surface area (Å²) in [6, 6.07) is 6.85. The van der Waals surface area contributed by atoms with Gasteiger partial charge in [-0.05, 0) is 37.1 Å². The van der Waals surface area contributed by atoms with Crippen molar-refractivity contribution in [3.05, 3.63) is 42.5 Å². The predicted octanol–water partition coefficient (Wildman–Crippen LogP) is 2.24. The third kappa shape index (κ3) is 4.33. The molecule has 8 nitrogen and oxygen atoms in total. The van der Waals surface area contributed by atoms with E-state index in [9.17, 15) is 9.59 Å². The highest BCUT2D eigenvalue weighted by atomic mass is 16.5. The summed E-state index contributed by atoms with van der Waals surface area (Å²) in [7, 11) is 1.50.